The smallest absolute Gasteiger partial charge is 0.244 e. The van der Waals surface area contributed by atoms with Crippen LogP contribution >= 0.6 is 0 Å². The molecule has 0 unspecified atom stereocenters. The van der Waals surface area contributed by atoms with Gasteiger partial charge >= 0.3 is 0 Å². The summed E-state index contributed by atoms with van der Waals surface area (Å²) in [6.45, 7) is 7.62. The fourth-order valence-corrected chi connectivity index (χ4v) is 4.29. The molecule has 0 radical (unpaired) electrons. The summed E-state index contributed by atoms with van der Waals surface area (Å²) in [5.41, 5.74) is 3.48. The third kappa shape index (κ3) is 5.10. The Bertz CT molecular complexity index is 943. The summed E-state index contributed by atoms with van der Waals surface area (Å²) in [4.78, 5) is 12.9. The largest absolute Gasteiger partial charge is 0.348 e. The fourth-order valence-electron chi connectivity index (χ4n) is 3.08. The number of sulfonamides is 1. The molecule has 28 heavy (non-hydrogen) atoms. The monoisotopic (exact) mass is 406 g/mol. The molecule has 5 nitrogen and oxygen atoms in total. The van der Waals surface area contributed by atoms with Gasteiger partial charge in [-0.15, -0.1) is 0 Å². The minimum absolute atomic E-state index is 0.254. The van der Waals surface area contributed by atoms with Crippen LogP contribution in [-0.4, -0.2) is 26.6 Å². The first kappa shape index (κ1) is 21.9. The molecule has 0 saturated heterocycles. The Balaban J connectivity index is 2.30. The summed E-state index contributed by atoms with van der Waals surface area (Å²) in [7, 11) is -3.75. The SMILES string of the molecule is CC[C@H](C(=O)N[C@H](C)c1ccc(C)c(C)c1)N(c1ccc(F)cc1)S(C)(=O)=O. The lowest BCUT2D eigenvalue weighted by Gasteiger charge is -2.31. The normalized spacial score (nSPS) is 13.6. The first-order valence-electron chi connectivity index (χ1n) is 9.17. The third-order valence-electron chi connectivity index (χ3n) is 4.80. The number of rotatable bonds is 7. The van der Waals surface area contributed by atoms with Gasteiger partial charge in [0.25, 0.3) is 0 Å². The number of aryl methyl sites for hydroxylation is 2. The molecule has 152 valence electrons. The van der Waals surface area contributed by atoms with Crippen LogP contribution in [0.25, 0.3) is 0 Å². The van der Waals surface area contributed by atoms with Gasteiger partial charge in [0.1, 0.15) is 11.9 Å². The van der Waals surface area contributed by atoms with Crippen molar-refractivity contribution in [3.05, 3.63) is 65.0 Å². The van der Waals surface area contributed by atoms with Crippen LogP contribution in [0.15, 0.2) is 42.5 Å². The maximum absolute atomic E-state index is 13.3. The molecule has 0 aliphatic heterocycles. The highest BCUT2D eigenvalue weighted by Crippen LogP contribution is 2.24. The van der Waals surface area contributed by atoms with Gasteiger partial charge in [-0.05, 0) is 68.1 Å². The van der Waals surface area contributed by atoms with Crippen molar-refractivity contribution in [2.24, 2.45) is 0 Å². The lowest BCUT2D eigenvalue weighted by molar-refractivity contribution is -0.122. The van der Waals surface area contributed by atoms with Crippen molar-refractivity contribution < 1.29 is 17.6 Å². The molecule has 0 aliphatic carbocycles. The number of nitrogens with one attached hydrogen (secondary N) is 1. The van der Waals surface area contributed by atoms with E-state index in [0.29, 0.717) is 0 Å². The Morgan fingerprint density at radius 2 is 1.71 bits per heavy atom. The first-order chi connectivity index (χ1) is 13.0. The zero-order valence-corrected chi connectivity index (χ0v) is 17.7. The summed E-state index contributed by atoms with van der Waals surface area (Å²) >= 11 is 0. The van der Waals surface area contributed by atoms with Crippen LogP contribution in [-0.2, 0) is 14.8 Å². The van der Waals surface area contributed by atoms with Crippen LogP contribution in [0.4, 0.5) is 10.1 Å². The van der Waals surface area contributed by atoms with E-state index in [1.807, 2.05) is 39.0 Å². The van der Waals surface area contributed by atoms with Gasteiger partial charge in [0.2, 0.25) is 15.9 Å². The molecular formula is C21H27FN2O3S. The molecule has 0 heterocycles. The quantitative estimate of drug-likeness (QED) is 0.759. The van der Waals surface area contributed by atoms with Crippen LogP contribution in [0.3, 0.4) is 0 Å². The number of benzene rings is 2. The molecular weight excluding hydrogens is 379 g/mol. The van der Waals surface area contributed by atoms with E-state index in [0.717, 1.165) is 27.3 Å². The molecule has 0 spiro atoms. The van der Waals surface area contributed by atoms with Crippen LogP contribution in [0.2, 0.25) is 0 Å². The van der Waals surface area contributed by atoms with E-state index in [9.17, 15) is 17.6 Å². The molecule has 0 aromatic heterocycles. The van der Waals surface area contributed by atoms with Gasteiger partial charge in [0.05, 0.1) is 18.0 Å². The van der Waals surface area contributed by atoms with E-state index in [-0.39, 0.29) is 18.2 Å². The van der Waals surface area contributed by atoms with Crippen molar-refractivity contribution in [2.75, 3.05) is 10.6 Å². The number of halogens is 1. The molecule has 2 aromatic carbocycles. The average molecular weight is 407 g/mol. The lowest BCUT2D eigenvalue weighted by atomic mass is 10.0. The molecule has 1 amide bonds. The molecule has 7 heteroatoms. The van der Waals surface area contributed by atoms with Crippen molar-refractivity contribution in [1.29, 1.82) is 0 Å². The minimum Gasteiger partial charge on any atom is -0.348 e. The Morgan fingerprint density at radius 3 is 2.21 bits per heavy atom. The number of hydrogen-bond donors (Lipinski definition) is 1. The van der Waals surface area contributed by atoms with E-state index in [1.54, 1.807) is 6.92 Å². The molecule has 0 saturated carbocycles. The highest BCUT2D eigenvalue weighted by molar-refractivity contribution is 7.92. The molecule has 2 rings (SSSR count). The number of amides is 1. The van der Waals surface area contributed by atoms with Crippen molar-refractivity contribution >= 4 is 21.6 Å². The maximum atomic E-state index is 13.3. The van der Waals surface area contributed by atoms with Crippen molar-refractivity contribution in [3.63, 3.8) is 0 Å². The number of carbonyl (C=O) groups is 1. The van der Waals surface area contributed by atoms with E-state index in [4.69, 9.17) is 0 Å². The van der Waals surface area contributed by atoms with Crippen molar-refractivity contribution in [1.82, 2.24) is 5.32 Å². The standard InChI is InChI=1S/C21H27FN2O3S/c1-6-20(24(28(5,26)27)19-11-9-18(22)10-12-19)21(25)23-16(4)17-8-7-14(2)15(3)13-17/h7-13,16,20H,6H2,1-5H3,(H,23,25)/t16-,20-/m1/s1. The number of anilines is 1. The number of nitrogens with zero attached hydrogens (tertiary/aromatic N) is 1. The predicted octanol–water partition coefficient (Wildman–Crippen LogP) is 3.86. The third-order valence-corrected chi connectivity index (χ3v) is 5.98. The maximum Gasteiger partial charge on any atom is 0.244 e. The molecule has 2 atom stereocenters. The second kappa shape index (κ2) is 8.73. The Hall–Kier alpha value is -2.41. The van der Waals surface area contributed by atoms with E-state index in [1.165, 1.54) is 24.3 Å². The van der Waals surface area contributed by atoms with Crippen molar-refractivity contribution in [2.45, 2.75) is 46.2 Å². The molecule has 2 aromatic rings. The van der Waals surface area contributed by atoms with Gasteiger partial charge in [0, 0.05) is 0 Å². The molecule has 1 N–H and O–H groups in total. The summed E-state index contributed by atoms with van der Waals surface area (Å²) in [5.74, 6) is -0.874. The fraction of sp³-hybridized carbons (Fsp3) is 0.381. The highest BCUT2D eigenvalue weighted by atomic mass is 32.2. The molecule has 0 aliphatic rings. The minimum atomic E-state index is -3.75. The second-order valence-electron chi connectivity index (χ2n) is 7.03. The predicted molar refractivity (Wildman–Crippen MR) is 110 cm³/mol. The van der Waals surface area contributed by atoms with Crippen LogP contribution in [0, 0.1) is 19.7 Å². The zero-order chi connectivity index (χ0) is 21.1. The van der Waals surface area contributed by atoms with Crippen LogP contribution in [0.1, 0.15) is 43.0 Å². The van der Waals surface area contributed by atoms with E-state index < -0.39 is 27.8 Å². The van der Waals surface area contributed by atoms with Crippen LogP contribution < -0.4 is 9.62 Å². The summed E-state index contributed by atoms with van der Waals surface area (Å²) in [5, 5.41) is 2.91. The van der Waals surface area contributed by atoms with E-state index >= 15 is 0 Å². The number of carbonyl (C=O) groups excluding carboxylic acids is 1. The van der Waals surface area contributed by atoms with Crippen molar-refractivity contribution in [3.8, 4) is 0 Å². The Kier molecular flexibility index (Phi) is 6.82. The Labute approximate surface area is 166 Å². The first-order valence-corrected chi connectivity index (χ1v) is 11.0. The lowest BCUT2D eigenvalue weighted by Crippen LogP contribution is -2.49. The Morgan fingerprint density at radius 1 is 1.11 bits per heavy atom. The summed E-state index contributed by atoms with van der Waals surface area (Å²) in [6, 6.07) is 9.80. The molecule has 0 fully saturated rings. The van der Waals surface area contributed by atoms with E-state index in [2.05, 4.69) is 5.32 Å². The summed E-state index contributed by atoms with van der Waals surface area (Å²) in [6.07, 6.45) is 1.31. The summed E-state index contributed by atoms with van der Waals surface area (Å²) < 4.78 is 39.1. The topological polar surface area (TPSA) is 66.5 Å². The van der Waals surface area contributed by atoms with Crippen LogP contribution in [0.5, 0.6) is 0 Å². The van der Waals surface area contributed by atoms with Gasteiger partial charge in [-0.3, -0.25) is 9.10 Å². The zero-order valence-electron chi connectivity index (χ0n) is 16.9. The van der Waals surface area contributed by atoms with Gasteiger partial charge in [-0.1, -0.05) is 25.1 Å². The van der Waals surface area contributed by atoms with Gasteiger partial charge in [-0.25, -0.2) is 12.8 Å². The second-order valence-corrected chi connectivity index (χ2v) is 8.89. The average Bonchev–Trinajstić information content (AvgIpc) is 2.61. The van der Waals surface area contributed by atoms with Gasteiger partial charge in [-0.2, -0.15) is 0 Å². The van der Waals surface area contributed by atoms with Gasteiger partial charge in [0.15, 0.2) is 0 Å². The van der Waals surface area contributed by atoms with Gasteiger partial charge < -0.3 is 5.32 Å². The molecule has 0 bridgehead atoms. The number of hydrogen-bond acceptors (Lipinski definition) is 3. The highest BCUT2D eigenvalue weighted by Gasteiger charge is 2.32.